The summed E-state index contributed by atoms with van der Waals surface area (Å²) in [6.07, 6.45) is 0. The quantitative estimate of drug-likeness (QED) is 0.285. The minimum absolute atomic E-state index is 0.0375. The topological polar surface area (TPSA) is 96.5 Å². The smallest absolute Gasteiger partial charge is 0.345 e. The van der Waals surface area contributed by atoms with Gasteiger partial charge in [0.15, 0.2) is 0 Å². The Morgan fingerprint density at radius 3 is 2.55 bits per heavy atom. The molecule has 0 unspecified atom stereocenters. The normalized spacial score (nSPS) is 11.0. The molecule has 0 aliphatic carbocycles. The second kappa shape index (κ2) is 7.23. The van der Waals surface area contributed by atoms with Crippen molar-refractivity contribution in [3.05, 3.63) is 70.3 Å². The number of hydrogen-bond donors (Lipinski definition) is 0. The number of hydrogen-bond acceptors (Lipinski definition) is 6. The molecular weight excluding hydrogens is 374 g/mol. The van der Waals surface area contributed by atoms with Crippen molar-refractivity contribution in [2.75, 3.05) is 7.11 Å². The molecule has 0 saturated carbocycles. The third-order valence-electron chi connectivity index (χ3n) is 4.72. The van der Waals surface area contributed by atoms with E-state index in [1.54, 1.807) is 30.0 Å². The highest BCUT2D eigenvalue weighted by molar-refractivity contribution is 6.07. The summed E-state index contributed by atoms with van der Waals surface area (Å²) >= 11 is 0. The first-order valence-electron chi connectivity index (χ1n) is 8.96. The summed E-state index contributed by atoms with van der Waals surface area (Å²) in [6, 6.07) is 15.0. The predicted octanol–water partition coefficient (Wildman–Crippen LogP) is 4.35. The van der Waals surface area contributed by atoms with Crippen LogP contribution >= 0.6 is 0 Å². The molecule has 29 heavy (non-hydrogen) atoms. The van der Waals surface area contributed by atoms with Gasteiger partial charge < -0.3 is 9.47 Å². The molecule has 0 aliphatic rings. The molecule has 0 bridgehead atoms. The van der Waals surface area contributed by atoms with Gasteiger partial charge in [0, 0.05) is 24.1 Å². The molecule has 0 N–H and O–H groups in total. The summed E-state index contributed by atoms with van der Waals surface area (Å²) in [5.74, 6) is 0.0851. The third-order valence-corrected chi connectivity index (χ3v) is 4.72. The van der Waals surface area contributed by atoms with Crippen molar-refractivity contribution in [1.82, 2.24) is 9.78 Å². The predicted molar refractivity (Wildman–Crippen MR) is 108 cm³/mol. The van der Waals surface area contributed by atoms with Gasteiger partial charge in [0.1, 0.15) is 5.75 Å². The number of aromatic nitrogens is 2. The Labute approximate surface area is 165 Å². The van der Waals surface area contributed by atoms with Crippen molar-refractivity contribution in [1.29, 1.82) is 0 Å². The Morgan fingerprint density at radius 1 is 1.10 bits per heavy atom. The van der Waals surface area contributed by atoms with Crippen molar-refractivity contribution >= 4 is 33.3 Å². The van der Waals surface area contributed by atoms with E-state index in [0.717, 1.165) is 5.39 Å². The fraction of sp³-hybridized carbons (Fsp3) is 0.143. The van der Waals surface area contributed by atoms with Crippen molar-refractivity contribution in [3.63, 3.8) is 0 Å². The first kappa shape index (κ1) is 18.4. The van der Waals surface area contributed by atoms with Gasteiger partial charge in [-0.1, -0.05) is 24.3 Å². The van der Waals surface area contributed by atoms with Gasteiger partial charge in [-0.05, 0) is 30.5 Å². The standard InChI is InChI=1S/C21H17N3O5/c1-3-23-18-10-8-13(24(26)27)12-17(18)20(22-23)29-21(25)16-9-11-19(28-2)15-7-5-4-6-14(15)16/h4-12H,3H2,1-2H3. The summed E-state index contributed by atoms with van der Waals surface area (Å²) in [5.41, 5.74) is 0.909. The van der Waals surface area contributed by atoms with Crippen molar-refractivity contribution < 1.29 is 19.2 Å². The second-order valence-electron chi connectivity index (χ2n) is 6.33. The monoisotopic (exact) mass is 391 g/mol. The molecule has 0 radical (unpaired) electrons. The van der Waals surface area contributed by atoms with Crippen LogP contribution in [0.3, 0.4) is 0 Å². The number of aryl methyl sites for hydroxylation is 1. The van der Waals surface area contributed by atoms with Gasteiger partial charge in [-0.25, -0.2) is 4.79 Å². The van der Waals surface area contributed by atoms with E-state index < -0.39 is 10.9 Å². The fourth-order valence-electron chi connectivity index (χ4n) is 3.34. The largest absolute Gasteiger partial charge is 0.496 e. The van der Waals surface area contributed by atoms with Crippen LogP contribution in [-0.2, 0) is 6.54 Å². The number of nitrogens with zero attached hydrogens (tertiary/aromatic N) is 3. The molecule has 0 aliphatic heterocycles. The summed E-state index contributed by atoms with van der Waals surface area (Å²) in [4.78, 5) is 23.6. The summed E-state index contributed by atoms with van der Waals surface area (Å²) in [5, 5.41) is 17.3. The van der Waals surface area contributed by atoms with Crippen LogP contribution in [-0.4, -0.2) is 27.8 Å². The zero-order chi connectivity index (χ0) is 20.5. The lowest BCUT2D eigenvalue weighted by Crippen LogP contribution is -2.10. The molecule has 8 heteroatoms. The van der Waals surface area contributed by atoms with E-state index in [4.69, 9.17) is 9.47 Å². The van der Waals surface area contributed by atoms with E-state index in [1.165, 1.54) is 12.1 Å². The molecule has 8 nitrogen and oxygen atoms in total. The molecule has 0 fully saturated rings. The number of nitro benzene ring substituents is 1. The zero-order valence-electron chi connectivity index (χ0n) is 15.8. The van der Waals surface area contributed by atoms with E-state index in [2.05, 4.69) is 5.10 Å². The first-order chi connectivity index (χ1) is 14.0. The lowest BCUT2D eigenvalue weighted by molar-refractivity contribution is -0.384. The molecule has 146 valence electrons. The first-order valence-corrected chi connectivity index (χ1v) is 8.96. The molecule has 0 atom stereocenters. The van der Waals surface area contributed by atoms with Crippen LogP contribution in [0.5, 0.6) is 11.6 Å². The van der Waals surface area contributed by atoms with Gasteiger partial charge in [-0.3, -0.25) is 14.8 Å². The van der Waals surface area contributed by atoms with E-state index in [-0.39, 0.29) is 11.6 Å². The van der Waals surface area contributed by atoms with E-state index in [0.29, 0.717) is 34.1 Å². The Bertz CT molecular complexity index is 1260. The van der Waals surface area contributed by atoms with Crippen LogP contribution in [0.1, 0.15) is 17.3 Å². The van der Waals surface area contributed by atoms with Crippen molar-refractivity contribution in [3.8, 4) is 11.6 Å². The highest BCUT2D eigenvalue weighted by atomic mass is 16.6. The number of benzene rings is 3. The number of esters is 1. The Balaban J connectivity index is 1.79. The van der Waals surface area contributed by atoms with Gasteiger partial charge >= 0.3 is 5.97 Å². The van der Waals surface area contributed by atoms with Gasteiger partial charge in [0.25, 0.3) is 5.69 Å². The minimum atomic E-state index is -0.599. The number of ether oxygens (including phenoxy) is 2. The number of non-ortho nitro benzene ring substituents is 1. The average molecular weight is 391 g/mol. The summed E-state index contributed by atoms with van der Waals surface area (Å²) < 4.78 is 12.6. The Morgan fingerprint density at radius 2 is 1.86 bits per heavy atom. The van der Waals surface area contributed by atoms with E-state index in [9.17, 15) is 14.9 Å². The summed E-state index contributed by atoms with van der Waals surface area (Å²) in [7, 11) is 1.57. The maximum absolute atomic E-state index is 12.9. The average Bonchev–Trinajstić information content (AvgIpc) is 3.09. The van der Waals surface area contributed by atoms with Gasteiger partial charge in [0.05, 0.1) is 28.5 Å². The van der Waals surface area contributed by atoms with Crippen LogP contribution < -0.4 is 9.47 Å². The van der Waals surface area contributed by atoms with Crippen LogP contribution in [0.4, 0.5) is 5.69 Å². The van der Waals surface area contributed by atoms with Crippen LogP contribution in [0.15, 0.2) is 54.6 Å². The van der Waals surface area contributed by atoms with Gasteiger partial charge in [0.2, 0.25) is 5.88 Å². The molecule has 1 aromatic heterocycles. The van der Waals surface area contributed by atoms with Gasteiger partial charge in [-0.15, -0.1) is 5.10 Å². The highest BCUT2D eigenvalue weighted by Gasteiger charge is 2.20. The van der Waals surface area contributed by atoms with E-state index in [1.807, 2.05) is 31.2 Å². The molecule has 3 aromatic carbocycles. The fourth-order valence-corrected chi connectivity index (χ4v) is 3.34. The molecule has 1 heterocycles. The number of carbonyl (C=O) groups is 1. The van der Waals surface area contributed by atoms with E-state index >= 15 is 0 Å². The Hall–Kier alpha value is -3.94. The maximum Gasteiger partial charge on any atom is 0.345 e. The SMILES string of the molecule is CCn1nc(OC(=O)c2ccc(OC)c3ccccc23)c2cc([N+](=O)[O-])ccc21. The van der Waals surface area contributed by atoms with Crippen LogP contribution in [0.25, 0.3) is 21.7 Å². The second-order valence-corrected chi connectivity index (χ2v) is 6.33. The molecule has 4 rings (SSSR count). The van der Waals surface area contributed by atoms with Crippen molar-refractivity contribution in [2.45, 2.75) is 13.5 Å². The molecule has 0 saturated heterocycles. The van der Waals surface area contributed by atoms with Crippen molar-refractivity contribution in [2.24, 2.45) is 0 Å². The molecule has 0 amide bonds. The Kier molecular flexibility index (Phi) is 4.59. The number of nitro groups is 1. The maximum atomic E-state index is 12.9. The number of fused-ring (bicyclic) bond motifs is 2. The number of carbonyl (C=O) groups excluding carboxylic acids is 1. The van der Waals surface area contributed by atoms with Crippen LogP contribution in [0, 0.1) is 10.1 Å². The highest BCUT2D eigenvalue weighted by Crippen LogP contribution is 2.32. The minimum Gasteiger partial charge on any atom is -0.496 e. The molecule has 4 aromatic rings. The zero-order valence-corrected chi connectivity index (χ0v) is 15.8. The number of methoxy groups -OCH3 is 1. The summed E-state index contributed by atoms with van der Waals surface area (Å²) in [6.45, 7) is 2.41. The third kappa shape index (κ3) is 3.14. The molecular formula is C21H17N3O5. The van der Waals surface area contributed by atoms with Gasteiger partial charge in [-0.2, -0.15) is 0 Å². The molecule has 0 spiro atoms. The van der Waals surface area contributed by atoms with Crippen LogP contribution in [0.2, 0.25) is 0 Å². The lowest BCUT2D eigenvalue weighted by Gasteiger charge is -2.09. The number of rotatable bonds is 5. The lowest BCUT2D eigenvalue weighted by atomic mass is 10.0.